The molecule has 7 nitrogen and oxygen atoms in total. The quantitative estimate of drug-likeness (QED) is 0.370. The van der Waals surface area contributed by atoms with Crippen molar-refractivity contribution in [3.8, 4) is 0 Å². The van der Waals surface area contributed by atoms with E-state index in [1.54, 1.807) is 0 Å². The van der Waals surface area contributed by atoms with Gasteiger partial charge in [0.05, 0.1) is 0 Å². The summed E-state index contributed by atoms with van der Waals surface area (Å²) >= 11 is 7.27. The van der Waals surface area contributed by atoms with Crippen molar-refractivity contribution in [1.29, 1.82) is 0 Å². The molecule has 1 fully saturated rings. The summed E-state index contributed by atoms with van der Waals surface area (Å²) in [6.07, 6.45) is 0. The zero-order valence-corrected chi connectivity index (χ0v) is 14.0. The van der Waals surface area contributed by atoms with Gasteiger partial charge < -0.3 is 15.1 Å². The molecule has 0 bridgehead atoms. The van der Waals surface area contributed by atoms with E-state index in [0.29, 0.717) is 5.02 Å². The molecule has 1 aromatic rings. The van der Waals surface area contributed by atoms with Crippen molar-refractivity contribution in [3.05, 3.63) is 34.9 Å². The van der Waals surface area contributed by atoms with Crippen LogP contribution in [0.5, 0.6) is 0 Å². The molecule has 0 aliphatic carbocycles. The lowest BCUT2D eigenvalue weighted by molar-refractivity contribution is -0.154. The summed E-state index contributed by atoms with van der Waals surface area (Å²) in [7, 11) is 0. The van der Waals surface area contributed by atoms with Crippen LogP contribution in [0, 0.1) is 0 Å². The Morgan fingerprint density at radius 2 is 1.86 bits per heavy atom. The lowest BCUT2D eigenvalue weighted by Gasteiger charge is -2.44. The number of carbonyl (C=O) groups excluding carboxylic acids is 1. The first kappa shape index (κ1) is 17.0. The van der Waals surface area contributed by atoms with Crippen LogP contribution in [-0.4, -0.2) is 55.6 Å². The van der Waals surface area contributed by atoms with E-state index >= 15 is 0 Å². The first-order valence-electron chi connectivity index (χ1n) is 6.24. The third kappa shape index (κ3) is 2.90. The molecule has 2 rings (SSSR count). The van der Waals surface area contributed by atoms with Gasteiger partial charge in [0, 0.05) is 23.7 Å². The number of carboxylic acid groups (broad SMARTS) is 2. The molecule has 1 aliphatic rings. The fourth-order valence-corrected chi connectivity index (χ4v) is 3.33. The second-order valence-corrected chi connectivity index (χ2v) is 6.75. The Bertz CT molecular complexity index is 623. The molecule has 1 saturated heterocycles. The fraction of sp³-hybridized carbons (Fsp3) is 0.308. The van der Waals surface area contributed by atoms with Gasteiger partial charge in [0.2, 0.25) is 3.55 Å². The number of hydrogen-bond acceptors (Lipinski definition) is 4. The number of nitrogens with zero attached hydrogens (tertiary/aromatic N) is 1. The van der Waals surface area contributed by atoms with Gasteiger partial charge in [-0.15, -0.1) is 0 Å². The minimum absolute atomic E-state index is 0.0838. The zero-order valence-electron chi connectivity index (χ0n) is 11.1. The zero-order chi connectivity index (χ0) is 16.5. The van der Waals surface area contributed by atoms with Gasteiger partial charge in [-0.1, -0.05) is 11.6 Å². The van der Waals surface area contributed by atoms with Crippen LogP contribution in [0.4, 0.5) is 0 Å². The number of benzene rings is 1. The van der Waals surface area contributed by atoms with Crippen molar-refractivity contribution < 1.29 is 24.6 Å². The van der Waals surface area contributed by atoms with Gasteiger partial charge in [0.15, 0.2) is 0 Å². The molecule has 1 heterocycles. The van der Waals surface area contributed by atoms with Crippen LogP contribution in [-0.2, 0) is 9.59 Å². The number of carbonyl (C=O) groups is 3. The Balaban J connectivity index is 2.42. The summed E-state index contributed by atoms with van der Waals surface area (Å²) < 4.78 is -1.92. The molecular formula is C13H12ClIN2O5. The molecule has 118 valence electrons. The van der Waals surface area contributed by atoms with Gasteiger partial charge in [-0.25, -0.2) is 4.79 Å². The summed E-state index contributed by atoms with van der Waals surface area (Å²) in [5.41, 5.74) is 0.248. The average Bonchev–Trinajstić information content (AvgIpc) is 2.47. The smallest absolute Gasteiger partial charge is 0.342 e. The number of rotatable bonds is 3. The topological polar surface area (TPSA) is 107 Å². The number of hydrogen-bond donors (Lipinski definition) is 3. The average molecular weight is 439 g/mol. The number of alkyl halides is 1. The number of halogens is 2. The van der Waals surface area contributed by atoms with Crippen molar-refractivity contribution in [2.24, 2.45) is 0 Å². The molecule has 0 radical (unpaired) electrons. The van der Waals surface area contributed by atoms with Crippen LogP contribution in [0.3, 0.4) is 0 Å². The summed E-state index contributed by atoms with van der Waals surface area (Å²) in [5, 5.41) is 21.8. The number of aliphatic carboxylic acids is 2. The highest BCUT2D eigenvalue weighted by atomic mass is 127. The molecule has 2 unspecified atom stereocenters. The van der Waals surface area contributed by atoms with Crippen LogP contribution < -0.4 is 5.32 Å². The van der Waals surface area contributed by atoms with Gasteiger partial charge in [-0.2, -0.15) is 0 Å². The van der Waals surface area contributed by atoms with Gasteiger partial charge >= 0.3 is 11.9 Å². The Morgan fingerprint density at radius 1 is 1.27 bits per heavy atom. The van der Waals surface area contributed by atoms with Crippen molar-refractivity contribution in [3.63, 3.8) is 0 Å². The van der Waals surface area contributed by atoms with Gasteiger partial charge in [-0.3, -0.25) is 14.9 Å². The third-order valence-corrected chi connectivity index (χ3v) is 5.26. The molecule has 1 amide bonds. The van der Waals surface area contributed by atoms with Gasteiger partial charge in [0.1, 0.15) is 6.04 Å². The molecule has 0 saturated carbocycles. The minimum atomic E-state index is -1.92. The second-order valence-electron chi connectivity index (χ2n) is 4.67. The van der Waals surface area contributed by atoms with E-state index in [1.165, 1.54) is 46.9 Å². The number of nitrogens with one attached hydrogen (secondary N) is 1. The summed E-state index contributed by atoms with van der Waals surface area (Å²) in [6.45, 7) is 0.273. The Labute approximate surface area is 144 Å². The highest BCUT2D eigenvalue weighted by Gasteiger charge is 2.56. The Morgan fingerprint density at radius 3 is 2.36 bits per heavy atom. The standard InChI is InChI=1S/C13H12ClIN2O5/c14-8-3-1-7(2-4-8)10(18)17-6-5-16-9(11(19)20)13(17,15)12(21)22/h1-4,9,16H,5-6H2,(H,19,20)(H,21,22). The Kier molecular flexibility index (Phi) is 4.93. The highest BCUT2D eigenvalue weighted by Crippen LogP contribution is 2.33. The summed E-state index contributed by atoms with van der Waals surface area (Å²) in [5.74, 6) is -3.28. The molecular weight excluding hydrogens is 427 g/mol. The SMILES string of the molecule is O=C(O)C1NCCN(C(=O)c2ccc(Cl)cc2)C1(I)C(=O)O. The van der Waals surface area contributed by atoms with Crippen molar-refractivity contribution in [2.45, 2.75) is 9.59 Å². The second kappa shape index (κ2) is 6.39. The van der Waals surface area contributed by atoms with Gasteiger partial charge in [0.25, 0.3) is 5.91 Å². The fourth-order valence-electron chi connectivity index (χ4n) is 2.26. The first-order valence-corrected chi connectivity index (χ1v) is 7.70. The minimum Gasteiger partial charge on any atom is -0.480 e. The molecule has 0 spiro atoms. The maximum atomic E-state index is 12.6. The predicted molar refractivity (Wildman–Crippen MR) is 86.3 cm³/mol. The number of piperazine rings is 1. The molecule has 2 atom stereocenters. The van der Waals surface area contributed by atoms with E-state index in [-0.39, 0.29) is 18.7 Å². The van der Waals surface area contributed by atoms with Crippen LogP contribution in [0.25, 0.3) is 0 Å². The lowest BCUT2D eigenvalue weighted by Crippen LogP contribution is -2.71. The Hall–Kier alpha value is -1.39. The van der Waals surface area contributed by atoms with E-state index in [2.05, 4.69) is 5.32 Å². The maximum Gasteiger partial charge on any atom is 0.342 e. The number of amides is 1. The van der Waals surface area contributed by atoms with Crippen LogP contribution in [0.15, 0.2) is 24.3 Å². The normalized spacial score (nSPS) is 24.8. The summed E-state index contributed by atoms with van der Waals surface area (Å²) in [4.78, 5) is 36.7. The predicted octanol–water partition coefficient (Wildman–Crippen LogP) is 1.05. The van der Waals surface area contributed by atoms with E-state index < -0.39 is 27.4 Å². The molecule has 0 aromatic heterocycles. The lowest BCUT2D eigenvalue weighted by atomic mass is 10.0. The number of carboxylic acids is 2. The van der Waals surface area contributed by atoms with E-state index in [4.69, 9.17) is 11.6 Å². The highest BCUT2D eigenvalue weighted by molar-refractivity contribution is 14.1. The van der Waals surface area contributed by atoms with Gasteiger partial charge in [-0.05, 0) is 46.9 Å². The molecule has 1 aliphatic heterocycles. The first-order chi connectivity index (χ1) is 10.3. The van der Waals surface area contributed by atoms with Crippen LogP contribution >= 0.6 is 34.2 Å². The van der Waals surface area contributed by atoms with E-state index in [0.717, 1.165) is 4.90 Å². The maximum absolute atomic E-state index is 12.6. The van der Waals surface area contributed by atoms with E-state index in [1.807, 2.05) is 0 Å². The van der Waals surface area contributed by atoms with Crippen molar-refractivity contribution in [2.75, 3.05) is 13.1 Å². The monoisotopic (exact) mass is 438 g/mol. The third-order valence-electron chi connectivity index (χ3n) is 3.34. The molecule has 1 aromatic carbocycles. The molecule has 3 N–H and O–H groups in total. The van der Waals surface area contributed by atoms with Crippen molar-refractivity contribution >= 4 is 52.0 Å². The van der Waals surface area contributed by atoms with Crippen LogP contribution in [0.1, 0.15) is 10.4 Å². The molecule has 9 heteroatoms. The van der Waals surface area contributed by atoms with E-state index in [9.17, 15) is 24.6 Å². The molecule has 22 heavy (non-hydrogen) atoms. The summed E-state index contributed by atoms with van der Waals surface area (Å²) in [6, 6.07) is 4.57. The van der Waals surface area contributed by atoms with Crippen LogP contribution in [0.2, 0.25) is 5.02 Å². The van der Waals surface area contributed by atoms with Crippen molar-refractivity contribution in [1.82, 2.24) is 10.2 Å². The largest absolute Gasteiger partial charge is 0.480 e.